The minimum atomic E-state index is -0.465. The van der Waals surface area contributed by atoms with E-state index in [9.17, 15) is 9.18 Å². The average molecular weight is 229 g/mol. The number of carbonyl (C=O) groups excluding carboxylic acids is 1. The van der Waals surface area contributed by atoms with E-state index in [1.807, 2.05) is 0 Å². The van der Waals surface area contributed by atoms with Gasteiger partial charge in [0, 0.05) is 6.08 Å². The summed E-state index contributed by atoms with van der Waals surface area (Å²) >= 11 is 5.82. The van der Waals surface area contributed by atoms with E-state index >= 15 is 0 Å². The Kier molecular flexibility index (Phi) is 3.86. The zero-order chi connectivity index (χ0) is 11.4. The molecule has 0 N–H and O–H groups in total. The Morgan fingerprint density at radius 1 is 1.53 bits per heavy atom. The van der Waals surface area contributed by atoms with E-state index in [1.165, 1.54) is 31.4 Å². The van der Waals surface area contributed by atoms with Gasteiger partial charge in [0.15, 0.2) is 0 Å². The third-order valence-electron chi connectivity index (χ3n) is 1.89. The Hall–Kier alpha value is -1.35. The van der Waals surface area contributed by atoms with Gasteiger partial charge in [0.25, 0.3) is 0 Å². The van der Waals surface area contributed by atoms with Crippen LogP contribution in [0.4, 0.5) is 4.39 Å². The molecule has 1 aromatic rings. The highest BCUT2D eigenvalue weighted by atomic mass is 35.5. The lowest BCUT2D eigenvalue weighted by atomic mass is 10.1. The molecule has 0 heterocycles. The zero-order valence-corrected chi connectivity index (χ0v) is 9.14. The van der Waals surface area contributed by atoms with Crippen LogP contribution >= 0.6 is 11.6 Å². The molecule has 0 amide bonds. The van der Waals surface area contributed by atoms with Crippen LogP contribution in [0.15, 0.2) is 24.3 Å². The summed E-state index contributed by atoms with van der Waals surface area (Å²) in [4.78, 5) is 11.0. The molecule has 0 aromatic heterocycles. The van der Waals surface area contributed by atoms with Crippen molar-refractivity contribution in [1.82, 2.24) is 0 Å². The molecule has 1 rings (SSSR count). The predicted molar refractivity (Wildman–Crippen MR) is 57.1 cm³/mol. The SMILES string of the molecule is COC(=O)/C=C(/C)c1ccc(F)cc1Cl. The minimum absolute atomic E-state index is 0.271. The van der Waals surface area contributed by atoms with Crippen molar-refractivity contribution in [3.63, 3.8) is 0 Å². The number of hydrogen-bond acceptors (Lipinski definition) is 2. The summed E-state index contributed by atoms with van der Waals surface area (Å²) in [6.07, 6.45) is 1.30. The van der Waals surface area contributed by atoms with Gasteiger partial charge in [0.05, 0.1) is 12.1 Å². The molecule has 0 aliphatic carbocycles. The maximum absolute atomic E-state index is 12.7. The minimum Gasteiger partial charge on any atom is -0.466 e. The summed E-state index contributed by atoms with van der Waals surface area (Å²) in [6, 6.07) is 4.01. The zero-order valence-electron chi connectivity index (χ0n) is 8.38. The highest BCUT2D eigenvalue weighted by Gasteiger charge is 2.05. The number of esters is 1. The molecular formula is C11H10ClFO2. The topological polar surface area (TPSA) is 26.3 Å². The molecular weight excluding hydrogens is 219 g/mol. The maximum atomic E-state index is 12.7. The maximum Gasteiger partial charge on any atom is 0.330 e. The Bertz CT molecular complexity index is 413. The molecule has 0 radical (unpaired) electrons. The van der Waals surface area contributed by atoms with E-state index in [0.29, 0.717) is 11.1 Å². The Labute approximate surface area is 92.3 Å². The van der Waals surface area contributed by atoms with Gasteiger partial charge in [0.2, 0.25) is 0 Å². The lowest BCUT2D eigenvalue weighted by Crippen LogP contribution is -1.96. The van der Waals surface area contributed by atoms with Gasteiger partial charge in [-0.1, -0.05) is 17.7 Å². The molecule has 0 bridgehead atoms. The van der Waals surface area contributed by atoms with Crippen LogP contribution in [-0.4, -0.2) is 13.1 Å². The fraction of sp³-hybridized carbons (Fsp3) is 0.182. The number of carbonyl (C=O) groups is 1. The number of allylic oxidation sites excluding steroid dienone is 1. The van der Waals surface area contributed by atoms with Gasteiger partial charge in [-0.15, -0.1) is 0 Å². The lowest BCUT2D eigenvalue weighted by molar-refractivity contribution is -0.134. The normalized spacial score (nSPS) is 11.3. The summed E-state index contributed by atoms with van der Waals surface area (Å²) in [5.41, 5.74) is 1.25. The number of ether oxygens (including phenoxy) is 1. The lowest BCUT2D eigenvalue weighted by Gasteiger charge is -2.04. The average Bonchev–Trinajstić information content (AvgIpc) is 2.17. The number of rotatable bonds is 2. The van der Waals surface area contributed by atoms with Crippen molar-refractivity contribution in [3.8, 4) is 0 Å². The predicted octanol–water partition coefficient (Wildman–Crippen LogP) is 3.06. The largest absolute Gasteiger partial charge is 0.466 e. The molecule has 0 atom stereocenters. The molecule has 0 spiro atoms. The summed E-state index contributed by atoms with van der Waals surface area (Å²) in [7, 11) is 1.29. The van der Waals surface area contributed by atoms with Crippen molar-refractivity contribution in [1.29, 1.82) is 0 Å². The summed E-state index contributed by atoms with van der Waals surface area (Å²) in [5, 5.41) is 0.271. The molecule has 80 valence electrons. The molecule has 4 heteroatoms. The van der Waals surface area contributed by atoms with E-state index in [2.05, 4.69) is 4.74 Å². The van der Waals surface area contributed by atoms with Crippen molar-refractivity contribution in [3.05, 3.63) is 40.7 Å². The molecule has 2 nitrogen and oxygen atoms in total. The van der Waals surface area contributed by atoms with Crippen LogP contribution in [0.5, 0.6) is 0 Å². The van der Waals surface area contributed by atoms with E-state index < -0.39 is 11.8 Å². The third kappa shape index (κ3) is 3.06. The van der Waals surface area contributed by atoms with E-state index in [-0.39, 0.29) is 5.02 Å². The number of hydrogen-bond donors (Lipinski definition) is 0. The van der Waals surface area contributed by atoms with Crippen molar-refractivity contribution in [2.45, 2.75) is 6.92 Å². The van der Waals surface area contributed by atoms with Crippen LogP contribution in [0.25, 0.3) is 5.57 Å². The Morgan fingerprint density at radius 2 is 2.20 bits per heavy atom. The first-order valence-electron chi connectivity index (χ1n) is 4.26. The van der Waals surface area contributed by atoms with Gasteiger partial charge >= 0.3 is 5.97 Å². The second kappa shape index (κ2) is 4.94. The molecule has 0 unspecified atom stereocenters. The molecule has 1 aromatic carbocycles. The third-order valence-corrected chi connectivity index (χ3v) is 2.20. The van der Waals surface area contributed by atoms with E-state index in [1.54, 1.807) is 6.92 Å². The smallest absolute Gasteiger partial charge is 0.330 e. The van der Waals surface area contributed by atoms with Crippen molar-refractivity contribution < 1.29 is 13.9 Å². The van der Waals surface area contributed by atoms with Gasteiger partial charge < -0.3 is 4.74 Å². The molecule has 0 aliphatic heterocycles. The fourth-order valence-electron chi connectivity index (χ4n) is 1.12. The summed E-state index contributed by atoms with van der Waals surface area (Å²) < 4.78 is 17.2. The molecule has 0 saturated carbocycles. The number of benzene rings is 1. The van der Waals surface area contributed by atoms with Crippen molar-refractivity contribution in [2.75, 3.05) is 7.11 Å². The van der Waals surface area contributed by atoms with Crippen LogP contribution in [0.2, 0.25) is 5.02 Å². The fourth-order valence-corrected chi connectivity index (χ4v) is 1.44. The van der Waals surface area contributed by atoms with Crippen LogP contribution in [0, 0.1) is 5.82 Å². The van der Waals surface area contributed by atoms with Gasteiger partial charge in [0.1, 0.15) is 5.82 Å². The monoisotopic (exact) mass is 228 g/mol. The standard InChI is InChI=1S/C11H10ClFO2/c1-7(5-11(14)15-2)9-4-3-8(13)6-10(9)12/h3-6H,1-2H3/b7-5-. The second-order valence-corrected chi connectivity index (χ2v) is 3.38. The second-order valence-electron chi connectivity index (χ2n) is 2.97. The number of methoxy groups -OCH3 is 1. The van der Waals surface area contributed by atoms with Gasteiger partial charge in [-0.2, -0.15) is 0 Å². The molecule has 0 fully saturated rings. The summed E-state index contributed by atoms with van der Waals surface area (Å²) in [5.74, 6) is -0.873. The van der Waals surface area contributed by atoms with Gasteiger partial charge in [-0.05, 0) is 30.2 Å². The quantitative estimate of drug-likeness (QED) is 0.575. The Balaban J connectivity index is 3.06. The molecule has 0 aliphatic rings. The van der Waals surface area contributed by atoms with Crippen molar-refractivity contribution >= 4 is 23.1 Å². The number of halogens is 2. The first-order chi connectivity index (χ1) is 7.04. The molecule has 0 saturated heterocycles. The van der Waals surface area contributed by atoms with Crippen LogP contribution in [0.3, 0.4) is 0 Å². The van der Waals surface area contributed by atoms with E-state index in [4.69, 9.17) is 11.6 Å². The van der Waals surface area contributed by atoms with Crippen molar-refractivity contribution in [2.24, 2.45) is 0 Å². The van der Waals surface area contributed by atoms with Crippen LogP contribution < -0.4 is 0 Å². The molecule has 15 heavy (non-hydrogen) atoms. The van der Waals surface area contributed by atoms with E-state index in [0.717, 1.165) is 0 Å². The highest BCUT2D eigenvalue weighted by molar-refractivity contribution is 6.32. The first-order valence-corrected chi connectivity index (χ1v) is 4.64. The highest BCUT2D eigenvalue weighted by Crippen LogP contribution is 2.24. The van der Waals surface area contributed by atoms with Crippen LogP contribution in [0.1, 0.15) is 12.5 Å². The van der Waals surface area contributed by atoms with Gasteiger partial charge in [-0.3, -0.25) is 0 Å². The summed E-state index contributed by atoms with van der Waals surface area (Å²) in [6.45, 7) is 1.70. The van der Waals surface area contributed by atoms with Gasteiger partial charge in [-0.25, -0.2) is 9.18 Å². The van der Waals surface area contributed by atoms with Crippen LogP contribution in [-0.2, 0) is 9.53 Å². The Morgan fingerprint density at radius 3 is 2.73 bits per heavy atom. The first kappa shape index (κ1) is 11.7.